The number of hydrogen-bond acceptors (Lipinski definition) is 2. The molecular weight excluding hydrogens is 192 g/mol. The van der Waals surface area contributed by atoms with Crippen molar-refractivity contribution in [2.24, 2.45) is 7.05 Å². The summed E-state index contributed by atoms with van der Waals surface area (Å²) in [5.41, 5.74) is 2.44. The van der Waals surface area contributed by atoms with E-state index in [2.05, 4.69) is 10.2 Å². The number of aromatic nitrogens is 4. The molecule has 0 aromatic carbocycles. The normalized spacial score (nSPS) is 10.9. The highest BCUT2D eigenvalue weighted by molar-refractivity contribution is 5.60. The van der Waals surface area contributed by atoms with E-state index in [-0.39, 0.29) is 5.56 Å². The van der Waals surface area contributed by atoms with Gasteiger partial charge in [0.15, 0.2) is 0 Å². The molecule has 0 spiro atoms. The number of hydrogen-bond donors (Lipinski definition) is 1. The molecule has 0 radical (unpaired) electrons. The van der Waals surface area contributed by atoms with Crippen LogP contribution in [0, 0.1) is 6.92 Å². The van der Waals surface area contributed by atoms with Gasteiger partial charge >= 0.3 is 0 Å². The molecule has 0 saturated heterocycles. The van der Waals surface area contributed by atoms with Crippen LogP contribution in [0.2, 0.25) is 0 Å². The van der Waals surface area contributed by atoms with Crippen LogP contribution in [0.4, 0.5) is 0 Å². The van der Waals surface area contributed by atoms with E-state index in [1.165, 1.54) is 4.68 Å². The first-order valence-corrected chi connectivity index (χ1v) is 4.93. The highest BCUT2D eigenvalue weighted by Gasteiger charge is 2.14. The van der Waals surface area contributed by atoms with Crippen molar-refractivity contribution < 1.29 is 0 Å². The number of aryl methyl sites for hydroxylation is 3. The molecule has 5 heteroatoms. The Labute approximate surface area is 87.3 Å². The van der Waals surface area contributed by atoms with Crippen LogP contribution >= 0.6 is 0 Å². The SMILES string of the molecule is CCn1nccc1-c1c(C)[nH]n(C)c1=O. The van der Waals surface area contributed by atoms with Crippen molar-refractivity contribution in [2.75, 3.05) is 0 Å². The van der Waals surface area contributed by atoms with Crippen LogP contribution in [-0.4, -0.2) is 19.6 Å². The van der Waals surface area contributed by atoms with Crippen molar-refractivity contribution >= 4 is 0 Å². The van der Waals surface area contributed by atoms with Crippen LogP contribution in [0.1, 0.15) is 12.6 Å². The molecule has 2 aromatic heterocycles. The highest BCUT2D eigenvalue weighted by atomic mass is 16.1. The maximum absolute atomic E-state index is 11.8. The Morgan fingerprint density at radius 2 is 2.27 bits per heavy atom. The van der Waals surface area contributed by atoms with Crippen molar-refractivity contribution in [2.45, 2.75) is 20.4 Å². The van der Waals surface area contributed by atoms with Gasteiger partial charge in [-0.3, -0.25) is 19.3 Å². The second kappa shape index (κ2) is 3.42. The van der Waals surface area contributed by atoms with Gasteiger partial charge in [-0.2, -0.15) is 5.10 Å². The molecule has 5 nitrogen and oxygen atoms in total. The van der Waals surface area contributed by atoms with Crippen LogP contribution in [0.25, 0.3) is 11.3 Å². The average Bonchev–Trinajstić information content (AvgIpc) is 2.73. The molecule has 0 amide bonds. The third-order valence-electron chi connectivity index (χ3n) is 2.50. The lowest BCUT2D eigenvalue weighted by molar-refractivity contribution is 0.666. The molecule has 0 bridgehead atoms. The van der Waals surface area contributed by atoms with E-state index < -0.39 is 0 Å². The van der Waals surface area contributed by atoms with Crippen molar-refractivity contribution in [3.63, 3.8) is 0 Å². The summed E-state index contributed by atoms with van der Waals surface area (Å²) in [5.74, 6) is 0. The monoisotopic (exact) mass is 206 g/mol. The summed E-state index contributed by atoms with van der Waals surface area (Å²) in [6, 6.07) is 1.86. The van der Waals surface area contributed by atoms with Gasteiger partial charge in [0.1, 0.15) is 0 Å². The third kappa shape index (κ3) is 1.40. The molecule has 2 rings (SSSR count). The Balaban J connectivity index is 2.69. The second-order valence-electron chi connectivity index (χ2n) is 3.51. The lowest BCUT2D eigenvalue weighted by atomic mass is 10.2. The number of nitrogens with zero attached hydrogens (tertiary/aromatic N) is 3. The lowest BCUT2D eigenvalue weighted by Gasteiger charge is -2.01. The quantitative estimate of drug-likeness (QED) is 0.793. The number of H-pyrrole nitrogens is 1. The summed E-state index contributed by atoms with van der Waals surface area (Å²) in [5, 5.41) is 7.14. The molecule has 1 N–H and O–H groups in total. The molecule has 15 heavy (non-hydrogen) atoms. The molecule has 0 aliphatic carbocycles. The average molecular weight is 206 g/mol. The zero-order chi connectivity index (χ0) is 11.0. The minimum atomic E-state index is -0.0114. The largest absolute Gasteiger partial charge is 0.300 e. The van der Waals surface area contributed by atoms with Crippen LogP contribution in [0.3, 0.4) is 0 Å². The van der Waals surface area contributed by atoms with E-state index >= 15 is 0 Å². The van der Waals surface area contributed by atoms with Gasteiger partial charge in [-0.15, -0.1) is 0 Å². The maximum atomic E-state index is 11.8. The fraction of sp³-hybridized carbons (Fsp3) is 0.400. The summed E-state index contributed by atoms with van der Waals surface area (Å²) in [6.07, 6.45) is 1.71. The Kier molecular flexibility index (Phi) is 2.22. The molecule has 0 atom stereocenters. The van der Waals surface area contributed by atoms with E-state index in [0.717, 1.165) is 17.9 Å². The molecule has 0 fully saturated rings. The van der Waals surface area contributed by atoms with Crippen molar-refractivity contribution in [3.8, 4) is 11.3 Å². The van der Waals surface area contributed by atoms with Gasteiger partial charge in [0, 0.05) is 25.5 Å². The molecule has 2 aromatic rings. The van der Waals surface area contributed by atoms with Gasteiger partial charge in [0.25, 0.3) is 5.56 Å². The van der Waals surface area contributed by atoms with Gasteiger partial charge < -0.3 is 0 Å². The third-order valence-corrected chi connectivity index (χ3v) is 2.50. The van der Waals surface area contributed by atoms with Crippen LogP contribution in [0.15, 0.2) is 17.1 Å². The Bertz CT molecular complexity index is 532. The van der Waals surface area contributed by atoms with Crippen molar-refractivity contribution in [1.29, 1.82) is 0 Å². The second-order valence-corrected chi connectivity index (χ2v) is 3.51. The van der Waals surface area contributed by atoms with Crippen molar-refractivity contribution in [3.05, 3.63) is 28.3 Å². The standard InChI is InChI=1S/C10H14N4O/c1-4-14-8(5-6-11-14)9-7(2)12-13(3)10(9)15/h5-6,12H,4H2,1-3H3. The van der Waals surface area contributed by atoms with Gasteiger partial charge in [-0.25, -0.2) is 0 Å². The smallest absolute Gasteiger partial charge is 0.275 e. The number of aromatic amines is 1. The van der Waals surface area contributed by atoms with Crippen molar-refractivity contribution in [1.82, 2.24) is 19.6 Å². The minimum Gasteiger partial charge on any atom is -0.300 e. The topological polar surface area (TPSA) is 55.6 Å². The zero-order valence-corrected chi connectivity index (χ0v) is 9.11. The zero-order valence-electron chi connectivity index (χ0n) is 9.11. The molecule has 0 aliphatic heterocycles. The van der Waals surface area contributed by atoms with Gasteiger partial charge in [-0.05, 0) is 19.9 Å². The molecule has 2 heterocycles. The Morgan fingerprint density at radius 1 is 1.53 bits per heavy atom. The summed E-state index contributed by atoms with van der Waals surface area (Å²) in [7, 11) is 1.71. The predicted molar refractivity (Wildman–Crippen MR) is 57.7 cm³/mol. The lowest BCUT2D eigenvalue weighted by Crippen LogP contribution is -2.14. The molecule has 0 saturated carbocycles. The van der Waals surface area contributed by atoms with Crippen LogP contribution < -0.4 is 5.56 Å². The number of rotatable bonds is 2. The van der Waals surface area contributed by atoms with Gasteiger partial charge in [0.2, 0.25) is 0 Å². The number of nitrogens with one attached hydrogen (secondary N) is 1. The van der Waals surface area contributed by atoms with Gasteiger partial charge in [-0.1, -0.05) is 0 Å². The first-order chi connectivity index (χ1) is 7.15. The van der Waals surface area contributed by atoms with Crippen LogP contribution in [-0.2, 0) is 13.6 Å². The summed E-state index contributed by atoms with van der Waals surface area (Å²) in [4.78, 5) is 11.8. The maximum Gasteiger partial charge on any atom is 0.275 e. The Hall–Kier alpha value is -1.78. The summed E-state index contributed by atoms with van der Waals surface area (Å²) < 4.78 is 3.30. The first-order valence-electron chi connectivity index (χ1n) is 4.93. The first kappa shape index (κ1) is 9.76. The van der Waals surface area contributed by atoms with E-state index in [9.17, 15) is 4.79 Å². The molecule has 0 unspecified atom stereocenters. The van der Waals surface area contributed by atoms with Gasteiger partial charge in [0.05, 0.1) is 11.3 Å². The molecule has 0 aliphatic rings. The highest BCUT2D eigenvalue weighted by Crippen LogP contribution is 2.17. The van der Waals surface area contributed by atoms with Crippen LogP contribution in [0.5, 0.6) is 0 Å². The van der Waals surface area contributed by atoms with E-state index in [4.69, 9.17) is 0 Å². The molecular formula is C10H14N4O. The summed E-state index contributed by atoms with van der Waals surface area (Å²) >= 11 is 0. The predicted octanol–water partition coefficient (Wildman–Crippen LogP) is 0.905. The summed E-state index contributed by atoms with van der Waals surface area (Å²) in [6.45, 7) is 4.66. The molecule has 80 valence electrons. The fourth-order valence-electron chi connectivity index (χ4n) is 1.79. The Morgan fingerprint density at radius 3 is 2.80 bits per heavy atom. The van der Waals surface area contributed by atoms with E-state index in [1.54, 1.807) is 13.2 Å². The van der Waals surface area contributed by atoms with E-state index in [1.807, 2.05) is 24.6 Å². The fourth-order valence-corrected chi connectivity index (χ4v) is 1.79. The van der Waals surface area contributed by atoms with E-state index in [0.29, 0.717) is 5.56 Å². The minimum absolute atomic E-state index is 0.0114.